The van der Waals surface area contributed by atoms with Crippen molar-refractivity contribution in [3.05, 3.63) is 39.8 Å². The number of alkyl halides is 3. The van der Waals surface area contributed by atoms with Crippen LogP contribution < -0.4 is 5.32 Å². The first-order valence-electron chi connectivity index (χ1n) is 6.19. The minimum absolute atomic E-state index is 0.421. The summed E-state index contributed by atoms with van der Waals surface area (Å²) in [6.07, 6.45) is 0. The minimum Gasteiger partial charge on any atom is -0.379 e. The van der Waals surface area contributed by atoms with E-state index in [1.54, 1.807) is 0 Å². The predicted molar refractivity (Wildman–Crippen MR) is 78.6 cm³/mol. The van der Waals surface area contributed by atoms with E-state index >= 15 is 0 Å². The standard InChI is InChI=1S/C13H13F3N2O2S2/c1-8-9(2)21-12(18-8)7-17-10-3-5-11(6-4-10)22(19,20)13(14,15)16/h3-6,17H,7H2,1-2H3. The highest BCUT2D eigenvalue weighted by molar-refractivity contribution is 7.92. The fourth-order valence-corrected chi connectivity index (χ4v) is 3.31. The monoisotopic (exact) mass is 350 g/mol. The van der Waals surface area contributed by atoms with Crippen molar-refractivity contribution in [1.29, 1.82) is 0 Å². The van der Waals surface area contributed by atoms with Gasteiger partial charge in [0.05, 0.1) is 17.1 Å². The number of hydrogen-bond donors (Lipinski definition) is 1. The molecule has 0 aliphatic rings. The van der Waals surface area contributed by atoms with Crippen molar-refractivity contribution >= 4 is 26.9 Å². The molecule has 1 aromatic carbocycles. The lowest BCUT2D eigenvalue weighted by atomic mass is 10.3. The van der Waals surface area contributed by atoms with Crippen LogP contribution >= 0.6 is 11.3 Å². The van der Waals surface area contributed by atoms with Crippen molar-refractivity contribution in [3.8, 4) is 0 Å². The van der Waals surface area contributed by atoms with E-state index in [4.69, 9.17) is 0 Å². The van der Waals surface area contributed by atoms with Crippen molar-refractivity contribution in [2.45, 2.75) is 30.8 Å². The maximum Gasteiger partial charge on any atom is 0.501 e. The molecular formula is C13H13F3N2O2S2. The van der Waals surface area contributed by atoms with E-state index in [2.05, 4.69) is 10.3 Å². The highest BCUT2D eigenvalue weighted by Gasteiger charge is 2.46. The SMILES string of the molecule is Cc1nc(CNc2ccc(S(=O)(=O)C(F)(F)F)cc2)sc1C. The molecule has 0 saturated carbocycles. The Morgan fingerprint density at radius 2 is 1.77 bits per heavy atom. The zero-order valence-electron chi connectivity index (χ0n) is 11.7. The maximum absolute atomic E-state index is 12.4. The van der Waals surface area contributed by atoms with Crippen molar-refractivity contribution in [3.63, 3.8) is 0 Å². The van der Waals surface area contributed by atoms with Gasteiger partial charge in [0, 0.05) is 10.6 Å². The minimum atomic E-state index is -5.30. The number of sulfone groups is 1. The summed E-state index contributed by atoms with van der Waals surface area (Å²) >= 11 is 1.53. The van der Waals surface area contributed by atoms with Gasteiger partial charge in [-0.05, 0) is 38.1 Å². The van der Waals surface area contributed by atoms with E-state index in [-0.39, 0.29) is 0 Å². The third-order valence-corrected chi connectivity index (χ3v) is 5.56. The molecule has 0 saturated heterocycles. The quantitative estimate of drug-likeness (QED) is 0.914. The number of anilines is 1. The molecule has 1 N–H and O–H groups in total. The number of rotatable bonds is 4. The number of nitrogens with zero attached hydrogens (tertiary/aromatic N) is 1. The van der Waals surface area contributed by atoms with Gasteiger partial charge < -0.3 is 5.32 Å². The van der Waals surface area contributed by atoms with E-state index in [9.17, 15) is 21.6 Å². The summed E-state index contributed by atoms with van der Waals surface area (Å²) in [6.45, 7) is 4.27. The van der Waals surface area contributed by atoms with Gasteiger partial charge in [0.2, 0.25) is 0 Å². The third kappa shape index (κ3) is 3.41. The Labute approximate surface area is 129 Å². The summed E-state index contributed by atoms with van der Waals surface area (Å²) in [7, 11) is -5.30. The molecule has 0 unspecified atom stereocenters. The van der Waals surface area contributed by atoms with Crippen LogP contribution in [-0.4, -0.2) is 18.9 Å². The zero-order valence-corrected chi connectivity index (χ0v) is 13.4. The number of benzene rings is 1. The topological polar surface area (TPSA) is 59.1 Å². The van der Waals surface area contributed by atoms with Crippen LogP contribution in [-0.2, 0) is 16.4 Å². The van der Waals surface area contributed by atoms with Gasteiger partial charge in [0.15, 0.2) is 0 Å². The van der Waals surface area contributed by atoms with Crippen LogP contribution in [0.2, 0.25) is 0 Å². The molecule has 1 heterocycles. The van der Waals surface area contributed by atoms with Gasteiger partial charge in [0.25, 0.3) is 9.84 Å². The normalized spacial score (nSPS) is 12.4. The second-order valence-corrected chi connectivity index (χ2v) is 7.81. The van der Waals surface area contributed by atoms with Gasteiger partial charge in [-0.2, -0.15) is 13.2 Å². The Kier molecular flexibility index (Phi) is 4.48. The van der Waals surface area contributed by atoms with Crippen LogP contribution in [0.3, 0.4) is 0 Å². The van der Waals surface area contributed by atoms with Gasteiger partial charge in [-0.25, -0.2) is 13.4 Å². The summed E-state index contributed by atoms with van der Waals surface area (Å²) in [4.78, 5) is 4.65. The fraction of sp³-hybridized carbons (Fsp3) is 0.308. The molecule has 4 nitrogen and oxygen atoms in total. The number of aromatic nitrogens is 1. The first kappa shape index (κ1) is 16.8. The maximum atomic E-state index is 12.4. The first-order chi connectivity index (χ1) is 10.1. The molecule has 0 aliphatic heterocycles. The van der Waals surface area contributed by atoms with Crippen LogP contribution in [0.5, 0.6) is 0 Å². The van der Waals surface area contributed by atoms with E-state index in [0.29, 0.717) is 12.2 Å². The predicted octanol–water partition coefficient (Wildman–Crippen LogP) is 3.67. The van der Waals surface area contributed by atoms with Crippen molar-refractivity contribution < 1.29 is 21.6 Å². The van der Waals surface area contributed by atoms with Gasteiger partial charge in [0.1, 0.15) is 5.01 Å². The van der Waals surface area contributed by atoms with Crippen LogP contribution in [0.4, 0.5) is 18.9 Å². The van der Waals surface area contributed by atoms with E-state index in [1.165, 1.54) is 23.5 Å². The Bertz CT molecular complexity index is 746. The average molecular weight is 350 g/mol. The highest BCUT2D eigenvalue weighted by Crippen LogP contribution is 2.30. The second kappa shape index (κ2) is 5.88. The molecule has 0 amide bonds. The largest absolute Gasteiger partial charge is 0.501 e. The van der Waals surface area contributed by atoms with Crippen LogP contribution in [0.25, 0.3) is 0 Å². The fourth-order valence-electron chi connectivity index (χ4n) is 1.68. The summed E-state index contributed by atoms with van der Waals surface area (Å²) < 4.78 is 59.7. The molecule has 1 aromatic heterocycles. The number of hydrogen-bond acceptors (Lipinski definition) is 5. The molecule has 22 heavy (non-hydrogen) atoms. The summed E-state index contributed by atoms with van der Waals surface area (Å²) in [6, 6.07) is 4.46. The van der Waals surface area contributed by atoms with Crippen LogP contribution in [0.15, 0.2) is 29.2 Å². The lowest BCUT2D eigenvalue weighted by molar-refractivity contribution is -0.0436. The van der Waals surface area contributed by atoms with E-state index in [1.807, 2.05) is 13.8 Å². The lowest BCUT2D eigenvalue weighted by Gasteiger charge is -2.09. The number of aryl methyl sites for hydroxylation is 2. The zero-order chi connectivity index (χ0) is 16.5. The molecular weight excluding hydrogens is 337 g/mol. The lowest BCUT2D eigenvalue weighted by Crippen LogP contribution is -2.23. The van der Waals surface area contributed by atoms with Crippen molar-refractivity contribution in [1.82, 2.24) is 4.98 Å². The number of thiazole rings is 1. The van der Waals surface area contributed by atoms with Crippen molar-refractivity contribution in [2.24, 2.45) is 0 Å². The summed E-state index contributed by atoms with van der Waals surface area (Å²) in [5.74, 6) is 0. The molecule has 2 aromatic rings. The Morgan fingerprint density at radius 3 is 2.23 bits per heavy atom. The van der Waals surface area contributed by atoms with Crippen LogP contribution in [0, 0.1) is 13.8 Å². The molecule has 9 heteroatoms. The number of halogens is 3. The first-order valence-corrected chi connectivity index (χ1v) is 8.49. The van der Waals surface area contributed by atoms with Gasteiger partial charge in [-0.15, -0.1) is 11.3 Å². The summed E-state index contributed by atoms with van der Waals surface area (Å²) in [5.41, 5.74) is -3.84. The second-order valence-electron chi connectivity index (χ2n) is 4.58. The molecule has 0 spiro atoms. The highest BCUT2D eigenvalue weighted by atomic mass is 32.2. The van der Waals surface area contributed by atoms with Crippen molar-refractivity contribution in [2.75, 3.05) is 5.32 Å². The molecule has 0 bridgehead atoms. The van der Waals surface area contributed by atoms with Crippen LogP contribution in [0.1, 0.15) is 15.6 Å². The molecule has 0 atom stereocenters. The number of nitrogens with one attached hydrogen (secondary N) is 1. The average Bonchev–Trinajstić information content (AvgIpc) is 2.75. The smallest absolute Gasteiger partial charge is 0.379 e. The Hall–Kier alpha value is -1.61. The molecule has 2 rings (SSSR count). The molecule has 120 valence electrons. The summed E-state index contributed by atoms with van der Waals surface area (Å²) in [5, 5.41) is 3.84. The molecule has 0 fully saturated rings. The van der Waals surface area contributed by atoms with Gasteiger partial charge >= 0.3 is 5.51 Å². The molecule has 0 aliphatic carbocycles. The van der Waals surface area contributed by atoms with Gasteiger partial charge in [-0.1, -0.05) is 0 Å². The Balaban J connectivity index is 2.10. The van der Waals surface area contributed by atoms with Gasteiger partial charge in [-0.3, -0.25) is 0 Å². The third-order valence-electron chi connectivity index (χ3n) is 2.99. The van der Waals surface area contributed by atoms with E-state index in [0.717, 1.165) is 27.7 Å². The Morgan fingerprint density at radius 1 is 1.18 bits per heavy atom. The van der Waals surface area contributed by atoms with E-state index < -0.39 is 20.2 Å². The molecule has 0 radical (unpaired) electrons.